The molecule has 0 bridgehead atoms. The minimum Gasteiger partial charge on any atom is -0.383 e. The van der Waals surface area contributed by atoms with Gasteiger partial charge < -0.3 is 10.3 Å². The molecule has 3 rings (SSSR count). The third kappa shape index (κ3) is 2.49. The Hall–Kier alpha value is -2.76. The largest absolute Gasteiger partial charge is 0.383 e. The number of anilines is 1. The highest BCUT2D eigenvalue weighted by atomic mass is 19.1. The summed E-state index contributed by atoms with van der Waals surface area (Å²) in [6.07, 6.45) is 3.60. The van der Waals surface area contributed by atoms with E-state index >= 15 is 0 Å². The fraction of sp³-hybridized carbons (Fsp3) is 0.0714. The normalized spacial score (nSPS) is 10.7. The third-order valence-corrected chi connectivity index (χ3v) is 2.84. The van der Waals surface area contributed by atoms with Crippen molar-refractivity contribution in [3.63, 3.8) is 0 Å². The Balaban J connectivity index is 1.84. The summed E-state index contributed by atoms with van der Waals surface area (Å²) in [6.45, 7) is 0. The van der Waals surface area contributed by atoms with Crippen molar-refractivity contribution in [1.82, 2.24) is 15.1 Å². The second kappa shape index (κ2) is 5.08. The molecule has 0 fully saturated rings. The molecular formula is C14H11FN4O. The van der Waals surface area contributed by atoms with Crippen LogP contribution in [0.15, 0.2) is 47.2 Å². The molecule has 3 aromatic rings. The van der Waals surface area contributed by atoms with Crippen LogP contribution in [0, 0.1) is 5.95 Å². The maximum absolute atomic E-state index is 12.7. The molecule has 3 aromatic heterocycles. The van der Waals surface area contributed by atoms with Crippen molar-refractivity contribution in [1.29, 1.82) is 0 Å². The van der Waals surface area contributed by atoms with E-state index in [2.05, 4.69) is 15.1 Å². The molecular weight excluding hydrogens is 259 g/mol. The molecule has 0 saturated heterocycles. The topological polar surface area (TPSA) is 77.8 Å². The Bertz CT molecular complexity index is 724. The van der Waals surface area contributed by atoms with E-state index in [-0.39, 0.29) is 0 Å². The second-order valence-corrected chi connectivity index (χ2v) is 4.28. The standard InChI is InChI=1S/C14H11FN4O/c15-13-4-3-9(8-18-13)6-10-7-12(20-19-10)11-2-1-5-17-14(11)16/h1-5,7-8H,6H2,(H2,16,17). The average molecular weight is 270 g/mol. The molecule has 100 valence electrons. The lowest BCUT2D eigenvalue weighted by atomic mass is 10.1. The molecule has 0 aromatic carbocycles. The predicted octanol–water partition coefficient (Wildman–Crippen LogP) is 2.44. The van der Waals surface area contributed by atoms with Crippen molar-refractivity contribution in [2.24, 2.45) is 0 Å². The molecule has 0 aliphatic heterocycles. The lowest BCUT2D eigenvalue weighted by Gasteiger charge is -1.98. The van der Waals surface area contributed by atoms with E-state index in [9.17, 15) is 4.39 Å². The van der Waals surface area contributed by atoms with Crippen LogP contribution in [0.4, 0.5) is 10.2 Å². The first-order valence-electron chi connectivity index (χ1n) is 5.99. The van der Waals surface area contributed by atoms with Gasteiger partial charge >= 0.3 is 0 Å². The predicted molar refractivity (Wildman–Crippen MR) is 71.1 cm³/mol. The van der Waals surface area contributed by atoms with Crippen molar-refractivity contribution in [3.05, 3.63) is 59.9 Å². The number of halogens is 1. The molecule has 3 heterocycles. The van der Waals surface area contributed by atoms with Gasteiger partial charge in [0.2, 0.25) is 5.95 Å². The average Bonchev–Trinajstić information content (AvgIpc) is 2.90. The molecule has 0 aliphatic rings. The molecule has 2 N–H and O–H groups in total. The van der Waals surface area contributed by atoms with E-state index in [1.54, 1.807) is 24.4 Å². The van der Waals surface area contributed by atoms with Gasteiger partial charge in [-0.1, -0.05) is 11.2 Å². The smallest absolute Gasteiger partial charge is 0.212 e. The van der Waals surface area contributed by atoms with E-state index in [4.69, 9.17) is 10.3 Å². The quantitative estimate of drug-likeness (QED) is 0.739. The first-order valence-corrected chi connectivity index (χ1v) is 5.99. The second-order valence-electron chi connectivity index (χ2n) is 4.28. The Kier molecular flexibility index (Phi) is 3.12. The number of nitrogens with two attached hydrogens (primary N) is 1. The van der Waals surface area contributed by atoms with Crippen LogP contribution in [0.2, 0.25) is 0 Å². The summed E-state index contributed by atoms with van der Waals surface area (Å²) < 4.78 is 18.0. The number of nitrogen functional groups attached to an aromatic ring is 1. The molecule has 5 nitrogen and oxygen atoms in total. The first-order chi connectivity index (χ1) is 9.72. The van der Waals surface area contributed by atoms with Crippen LogP contribution in [-0.2, 0) is 6.42 Å². The van der Waals surface area contributed by atoms with Crippen LogP contribution in [-0.4, -0.2) is 15.1 Å². The van der Waals surface area contributed by atoms with Crippen molar-refractivity contribution in [3.8, 4) is 11.3 Å². The highest BCUT2D eigenvalue weighted by Gasteiger charge is 2.10. The monoisotopic (exact) mass is 270 g/mol. The van der Waals surface area contributed by atoms with E-state index in [1.807, 2.05) is 6.07 Å². The number of rotatable bonds is 3. The van der Waals surface area contributed by atoms with Gasteiger partial charge in [-0.25, -0.2) is 9.97 Å². The maximum atomic E-state index is 12.7. The van der Waals surface area contributed by atoms with Crippen LogP contribution in [0.25, 0.3) is 11.3 Å². The Morgan fingerprint density at radius 2 is 2.10 bits per heavy atom. The molecule has 0 saturated carbocycles. The van der Waals surface area contributed by atoms with Crippen LogP contribution >= 0.6 is 0 Å². The van der Waals surface area contributed by atoms with Gasteiger partial charge in [-0.15, -0.1) is 0 Å². The summed E-state index contributed by atoms with van der Waals surface area (Å²) in [4.78, 5) is 7.60. The van der Waals surface area contributed by atoms with Gasteiger partial charge in [-0.3, -0.25) is 0 Å². The lowest BCUT2D eigenvalue weighted by Crippen LogP contribution is -1.92. The number of aromatic nitrogens is 3. The van der Waals surface area contributed by atoms with Gasteiger partial charge in [-0.2, -0.15) is 4.39 Å². The fourth-order valence-electron chi connectivity index (χ4n) is 1.87. The summed E-state index contributed by atoms with van der Waals surface area (Å²) in [5, 5.41) is 3.97. The highest BCUT2D eigenvalue weighted by molar-refractivity contribution is 5.69. The summed E-state index contributed by atoms with van der Waals surface area (Å²) >= 11 is 0. The van der Waals surface area contributed by atoms with Gasteiger partial charge in [-0.05, 0) is 23.8 Å². The van der Waals surface area contributed by atoms with Gasteiger partial charge in [0.05, 0.1) is 11.3 Å². The number of nitrogens with zero attached hydrogens (tertiary/aromatic N) is 3. The van der Waals surface area contributed by atoms with Crippen LogP contribution < -0.4 is 5.73 Å². The van der Waals surface area contributed by atoms with E-state index < -0.39 is 5.95 Å². The van der Waals surface area contributed by atoms with Crippen molar-refractivity contribution < 1.29 is 8.91 Å². The van der Waals surface area contributed by atoms with Crippen molar-refractivity contribution in [2.45, 2.75) is 6.42 Å². The van der Waals surface area contributed by atoms with Crippen molar-refractivity contribution in [2.75, 3.05) is 5.73 Å². The summed E-state index contributed by atoms with van der Waals surface area (Å²) in [5.41, 5.74) is 8.05. The maximum Gasteiger partial charge on any atom is 0.212 e. The van der Waals surface area contributed by atoms with Gasteiger partial charge in [0.25, 0.3) is 0 Å². The highest BCUT2D eigenvalue weighted by Crippen LogP contribution is 2.25. The minimum absolute atomic E-state index is 0.388. The number of hydrogen-bond acceptors (Lipinski definition) is 5. The summed E-state index contributed by atoms with van der Waals surface area (Å²) in [5.74, 6) is 0.442. The molecule has 6 heteroatoms. The molecule has 20 heavy (non-hydrogen) atoms. The zero-order chi connectivity index (χ0) is 13.9. The molecule has 0 radical (unpaired) electrons. The van der Waals surface area contributed by atoms with Crippen molar-refractivity contribution >= 4 is 5.82 Å². The number of pyridine rings is 2. The Labute approximate surface area is 114 Å². The molecule has 0 spiro atoms. The van der Waals surface area contributed by atoms with Gasteiger partial charge in [0.1, 0.15) is 5.82 Å². The first kappa shape index (κ1) is 12.3. The molecule has 0 aliphatic carbocycles. The van der Waals surface area contributed by atoms with Crippen LogP contribution in [0.5, 0.6) is 0 Å². The zero-order valence-corrected chi connectivity index (χ0v) is 10.5. The Morgan fingerprint density at radius 1 is 1.20 bits per heavy atom. The molecule has 0 unspecified atom stereocenters. The van der Waals surface area contributed by atoms with Gasteiger partial charge in [0, 0.05) is 24.9 Å². The van der Waals surface area contributed by atoms with Crippen LogP contribution in [0.1, 0.15) is 11.3 Å². The lowest BCUT2D eigenvalue weighted by molar-refractivity contribution is 0.425. The van der Waals surface area contributed by atoms with Gasteiger partial charge in [0.15, 0.2) is 5.76 Å². The SMILES string of the molecule is Nc1ncccc1-c1cc(Cc2ccc(F)nc2)no1. The van der Waals surface area contributed by atoms with E-state index in [0.29, 0.717) is 23.6 Å². The molecule has 0 atom stereocenters. The third-order valence-electron chi connectivity index (χ3n) is 2.84. The summed E-state index contributed by atoms with van der Waals surface area (Å²) in [6, 6.07) is 8.35. The summed E-state index contributed by atoms with van der Waals surface area (Å²) in [7, 11) is 0. The number of hydrogen-bond donors (Lipinski definition) is 1. The Morgan fingerprint density at radius 3 is 2.85 bits per heavy atom. The van der Waals surface area contributed by atoms with E-state index in [1.165, 1.54) is 12.3 Å². The van der Waals surface area contributed by atoms with E-state index in [0.717, 1.165) is 11.3 Å². The zero-order valence-electron chi connectivity index (χ0n) is 10.5. The molecule has 0 amide bonds. The van der Waals surface area contributed by atoms with Crippen LogP contribution in [0.3, 0.4) is 0 Å². The minimum atomic E-state index is -0.502. The fourth-order valence-corrected chi connectivity index (χ4v) is 1.87.